The molecule has 5 rings (SSSR count). The Morgan fingerprint density at radius 3 is 2.25 bits per heavy atom. The van der Waals surface area contributed by atoms with Gasteiger partial charge in [0.2, 0.25) is 0 Å². The number of Topliss-reactive ketones (excluding diaryl/α,β-unsaturated/α-hetero) is 1. The Labute approximate surface area is 207 Å². The van der Waals surface area contributed by atoms with Gasteiger partial charge in [-0.05, 0) is 39.0 Å². The van der Waals surface area contributed by atoms with E-state index >= 15 is 0 Å². The number of benzene rings is 2. The summed E-state index contributed by atoms with van der Waals surface area (Å²) in [6.45, 7) is 2.94. The average Bonchev–Trinajstić information content (AvgIpc) is 2.82. The fraction of sp³-hybridized carbons (Fsp3) is 0.444. The Kier molecular flexibility index (Phi) is 5.79. The van der Waals surface area contributed by atoms with Gasteiger partial charge in [-0.15, -0.1) is 0 Å². The molecule has 9 nitrogen and oxygen atoms in total. The predicted octanol–water partition coefficient (Wildman–Crippen LogP) is 1.48. The zero-order chi connectivity index (χ0) is 26.1. The van der Waals surface area contributed by atoms with Crippen LogP contribution in [0.15, 0.2) is 24.3 Å². The summed E-state index contributed by atoms with van der Waals surface area (Å²) in [6.07, 6.45) is -1.75. The van der Waals surface area contributed by atoms with Crippen LogP contribution in [0.25, 0.3) is 0 Å². The molecule has 190 valence electrons. The third-order valence-corrected chi connectivity index (χ3v) is 7.99. The number of aromatic hydroxyl groups is 2. The lowest BCUT2D eigenvalue weighted by molar-refractivity contribution is -0.139. The van der Waals surface area contributed by atoms with E-state index in [-0.39, 0.29) is 52.6 Å². The first-order valence-corrected chi connectivity index (χ1v) is 12.1. The Balaban J connectivity index is 1.66. The van der Waals surface area contributed by atoms with Gasteiger partial charge in [-0.3, -0.25) is 14.4 Å². The number of carbonyl (C=O) groups is 3. The number of nitrogens with two attached hydrogens (primary N) is 1. The fourth-order valence-electron chi connectivity index (χ4n) is 6.05. The molecule has 2 aliphatic carbocycles. The maximum Gasteiger partial charge on any atom is 0.198 e. The predicted molar refractivity (Wildman–Crippen MR) is 127 cm³/mol. The molecule has 0 spiro atoms. The zero-order valence-corrected chi connectivity index (χ0v) is 20.0. The summed E-state index contributed by atoms with van der Waals surface area (Å²) >= 11 is 0. The van der Waals surface area contributed by atoms with Crippen LogP contribution in [0.1, 0.15) is 82.0 Å². The summed E-state index contributed by atoms with van der Waals surface area (Å²) in [7, 11) is 0. The second-order valence-corrected chi connectivity index (χ2v) is 10.3. The molecule has 36 heavy (non-hydrogen) atoms. The molecule has 2 aromatic carbocycles. The molecule has 1 fully saturated rings. The quantitative estimate of drug-likeness (QED) is 0.338. The normalized spacial score (nSPS) is 31.4. The van der Waals surface area contributed by atoms with E-state index in [1.54, 1.807) is 19.1 Å². The molecular formula is C27H29NO8. The van der Waals surface area contributed by atoms with Gasteiger partial charge in [0.15, 0.2) is 17.3 Å². The van der Waals surface area contributed by atoms with E-state index in [1.165, 1.54) is 19.1 Å². The highest BCUT2D eigenvalue weighted by Crippen LogP contribution is 2.52. The molecule has 0 bridgehead atoms. The van der Waals surface area contributed by atoms with Crippen LogP contribution in [-0.4, -0.2) is 67.7 Å². The first-order valence-electron chi connectivity index (χ1n) is 12.1. The topological polar surface area (TPSA) is 167 Å². The van der Waals surface area contributed by atoms with Crippen molar-refractivity contribution in [2.24, 2.45) is 5.73 Å². The number of phenols is 2. The summed E-state index contributed by atoms with van der Waals surface area (Å²) < 4.78 is 5.92. The maximum absolute atomic E-state index is 13.4. The number of rotatable bonds is 3. The Morgan fingerprint density at radius 2 is 1.69 bits per heavy atom. The molecule has 1 aliphatic heterocycles. The Hall–Kier alpha value is -3.11. The summed E-state index contributed by atoms with van der Waals surface area (Å²) in [4.78, 5) is 39.2. The molecule has 2 aromatic rings. The van der Waals surface area contributed by atoms with Gasteiger partial charge in [-0.25, -0.2) is 0 Å². The minimum absolute atomic E-state index is 0.0638. The monoisotopic (exact) mass is 495 g/mol. The first-order chi connectivity index (χ1) is 16.9. The number of fused-ring (bicyclic) bond motifs is 3. The van der Waals surface area contributed by atoms with Crippen LogP contribution in [0, 0.1) is 0 Å². The molecule has 0 aromatic heterocycles. The lowest BCUT2D eigenvalue weighted by Gasteiger charge is -2.42. The summed E-state index contributed by atoms with van der Waals surface area (Å²) in [6, 6.07) is 5.63. The number of aliphatic hydroxyl groups excluding tert-OH is 1. The molecule has 6 N–H and O–H groups in total. The molecule has 0 amide bonds. The number of aliphatic hydroxyl groups is 2. The van der Waals surface area contributed by atoms with Crippen molar-refractivity contribution < 1.29 is 39.5 Å². The number of ketones is 3. The number of hydrogen-bond donors (Lipinski definition) is 5. The van der Waals surface area contributed by atoms with E-state index in [0.29, 0.717) is 6.42 Å². The molecule has 3 aliphatic rings. The standard InChI is InChI=1S/C27H29NO8/c1-11-22(30)18(28)8-14(36-11)7-13-9-27(35,12(2)29)10-17-19(13)26(34)21-20(25(17)33)23(31)15-5-3-4-6-16(15)24(21)32/h3-6,11,13-14,18,22,30,33-35H,7-10,28H2,1-2H3/t11-,13-,14-,18-,22+,27+/m0/s1. The smallest absolute Gasteiger partial charge is 0.198 e. The number of carbonyl (C=O) groups excluding carboxylic acids is 3. The van der Waals surface area contributed by atoms with Crippen molar-refractivity contribution in [1.29, 1.82) is 0 Å². The number of phenolic OH excluding ortho intramolecular Hbond substituents is 2. The average molecular weight is 496 g/mol. The third-order valence-electron chi connectivity index (χ3n) is 7.99. The molecular weight excluding hydrogens is 466 g/mol. The van der Waals surface area contributed by atoms with Crippen molar-refractivity contribution in [3.63, 3.8) is 0 Å². The fourth-order valence-corrected chi connectivity index (χ4v) is 6.05. The summed E-state index contributed by atoms with van der Waals surface area (Å²) in [5.41, 5.74) is 4.14. The van der Waals surface area contributed by atoms with Crippen LogP contribution in [0.5, 0.6) is 11.5 Å². The highest BCUT2D eigenvalue weighted by atomic mass is 16.5. The lowest BCUT2D eigenvalue weighted by Crippen LogP contribution is -2.52. The second-order valence-electron chi connectivity index (χ2n) is 10.3. The Morgan fingerprint density at radius 1 is 1.11 bits per heavy atom. The van der Waals surface area contributed by atoms with Crippen molar-refractivity contribution in [1.82, 2.24) is 0 Å². The first kappa shape index (κ1) is 24.6. The van der Waals surface area contributed by atoms with Gasteiger partial charge in [0.25, 0.3) is 0 Å². The van der Waals surface area contributed by atoms with Crippen LogP contribution in [0.3, 0.4) is 0 Å². The van der Waals surface area contributed by atoms with Gasteiger partial charge < -0.3 is 30.9 Å². The van der Waals surface area contributed by atoms with Crippen LogP contribution < -0.4 is 5.73 Å². The van der Waals surface area contributed by atoms with Gasteiger partial charge in [-0.2, -0.15) is 0 Å². The van der Waals surface area contributed by atoms with Crippen molar-refractivity contribution in [3.05, 3.63) is 57.6 Å². The van der Waals surface area contributed by atoms with E-state index < -0.39 is 64.7 Å². The lowest BCUT2D eigenvalue weighted by atomic mass is 9.67. The van der Waals surface area contributed by atoms with E-state index in [4.69, 9.17) is 10.5 Å². The zero-order valence-electron chi connectivity index (χ0n) is 20.0. The molecule has 1 saturated heterocycles. The van der Waals surface area contributed by atoms with Gasteiger partial charge in [0, 0.05) is 34.7 Å². The van der Waals surface area contributed by atoms with Gasteiger partial charge in [0.1, 0.15) is 17.1 Å². The molecule has 1 heterocycles. The molecule has 6 atom stereocenters. The van der Waals surface area contributed by atoms with Crippen molar-refractivity contribution in [2.75, 3.05) is 0 Å². The van der Waals surface area contributed by atoms with Crippen molar-refractivity contribution in [2.45, 2.75) is 75.4 Å². The van der Waals surface area contributed by atoms with Crippen molar-refractivity contribution in [3.8, 4) is 11.5 Å². The van der Waals surface area contributed by atoms with Crippen molar-refractivity contribution >= 4 is 17.3 Å². The van der Waals surface area contributed by atoms with Crippen LogP contribution in [0.4, 0.5) is 0 Å². The van der Waals surface area contributed by atoms with E-state index in [0.717, 1.165) is 0 Å². The third kappa shape index (κ3) is 3.57. The minimum atomic E-state index is -1.85. The molecule has 0 radical (unpaired) electrons. The van der Waals surface area contributed by atoms with Gasteiger partial charge in [0.05, 0.1) is 29.4 Å². The second kappa shape index (κ2) is 8.48. The van der Waals surface area contributed by atoms with Gasteiger partial charge in [-0.1, -0.05) is 24.3 Å². The van der Waals surface area contributed by atoms with Gasteiger partial charge >= 0.3 is 0 Å². The maximum atomic E-state index is 13.4. The largest absolute Gasteiger partial charge is 0.507 e. The highest BCUT2D eigenvalue weighted by Gasteiger charge is 2.48. The summed E-state index contributed by atoms with van der Waals surface area (Å²) in [5, 5.41) is 44.1. The van der Waals surface area contributed by atoms with Crippen LogP contribution in [0.2, 0.25) is 0 Å². The highest BCUT2D eigenvalue weighted by molar-refractivity contribution is 6.30. The number of hydrogen-bond acceptors (Lipinski definition) is 9. The summed E-state index contributed by atoms with van der Waals surface area (Å²) in [5.74, 6) is -3.37. The molecule has 0 saturated carbocycles. The van der Waals surface area contributed by atoms with Crippen LogP contribution in [-0.2, 0) is 16.0 Å². The minimum Gasteiger partial charge on any atom is -0.507 e. The SMILES string of the molecule is CC(=O)[C@]1(O)Cc2c(O)c3c(c(O)c2[C@@H](C[C@H]2C[C@H](N)[C@H](O)[C@H](C)O2)C1)C(=O)c1ccccc1C3=O. The van der Waals surface area contributed by atoms with E-state index in [9.17, 15) is 34.8 Å². The number of ether oxygens (including phenoxy) is 1. The Bertz CT molecular complexity index is 1290. The van der Waals surface area contributed by atoms with E-state index in [2.05, 4.69) is 0 Å². The van der Waals surface area contributed by atoms with Crippen LogP contribution >= 0.6 is 0 Å². The van der Waals surface area contributed by atoms with E-state index in [1.807, 2.05) is 0 Å². The molecule has 9 heteroatoms. The molecule has 0 unspecified atom stereocenters.